The van der Waals surface area contributed by atoms with Gasteiger partial charge in [0.25, 0.3) is 5.91 Å². The molecule has 4 nitrogen and oxygen atoms in total. The van der Waals surface area contributed by atoms with E-state index in [1.807, 2.05) is 18.2 Å². The number of hydrogen-bond donors (Lipinski definition) is 1. The van der Waals surface area contributed by atoms with E-state index in [1.165, 1.54) is 34.1 Å². The van der Waals surface area contributed by atoms with Crippen LogP contribution in [0.15, 0.2) is 58.4 Å². The van der Waals surface area contributed by atoms with E-state index >= 15 is 0 Å². The molecule has 5 heteroatoms. The zero-order valence-corrected chi connectivity index (χ0v) is 20.1. The highest BCUT2D eigenvalue weighted by Gasteiger charge is 2.25. The largest absolute Gasteiger partial charge is 0.317 e. The lowest BCUT2D eigenvalue weighted by atomic mass is 10.1. The maximum Gasteiger partial charge on any atom is 0.264 e. The van der Waals surface area contributed by atoms with Gasteiger partial charge in [0, 0.05) is 11.4 Å². The van der Waals surface area contributed by atoms with Gasteiger partial charge in [0.15, 0.2) is 5.17 Å². The van der Waals surface area contributed by atoms with Gasteiger partial charge in [0.2, 0.25) is 0 Å². The highest BCUT2D eigenvalue weighted by atomic mass is 32.2. The third-order valence-corrected chi connectivity index (χ3v) is 6.82. The minimum atomic E-state index is -0.103. The SMILES string of the molecule is CCc1ccc(N=C2NC(=O)/C(=C/c3cc(C)n(-c4c(C)cccc4CC)c3C)S2)cc1. The molecule has 164 valence electrons. The summed E-state index contributed by atoms with van der Waals surface area (Å²) >= 11 is 1.39. The van der Waals surface area contributed by atoms with Crippen LogP contribution in [-0.2, 0) is 17.6 Å². The molecule has 32 heavy (non-hydrogen) atoms. The molecule has 2 heterocycles. The zero-order valence-electron chi connectivity index (χ0n) is 19.3. The molecule has 3 aromatic rings. The maximum absolute atomic E-state index is 12.6. The molecule has 2 aromatic carbocycles. The van der Waals surface area contributed by atoms with Crippen LogP contribution in [0.5, 0.6) is 0 Å². The summed E-state index contributed by atoms with van der Waals surface area (Å²) in [5.41, 5.74) is 9.28. The fourth-order valence-corrected chi connectivity index (χ4v) is 4.98. The van der Waals surface area contributed by atoms with Crippen LogP contribution in [0.1, 0.15) is 47.5 Å². The van der Waals surface area contributed by atoms with E-state index in [4.69, 9.17) is 0 Å². The summed E-state index contributed by atoms with van der Waals surface area (Å²) in [5, 5.41) is 3.52. The highest BCUT2D eigenvalue weighted by molar-refractivity contribution is 8.18. The normalized spacial score (nSPS) is 16.2. The summed E-state index contributed by atoms with van der Waals surface area (Å²) in [4.78, 5) is 17.9. The quantitative estimate of drug-likeness (QED) is 0.463. The van der Waals surface area contributed by atoms with E-state index in [9.17, 15) is 4.79 Å². The molecule has 1 fully saturated rings. The van der Waals surface area contributed by atoms with Crippen molar-refractivity contribution in [3.63, 3.8) is 0 Å². The van der Waals surface area contributed by atoms with Gasteiger partial charge in [-0.3, -0.25) is 4.79 Å². The van der Waals surface area contributed by atoms with Crippen molar-refractivity contribution in [1.29, 1.82) is 0 Å². The number of rotatable bonds is 5. The molecule has 0 atom stereocenters. The Labute approximate surface area is 194 Å². The number of aryl methyl sites for hydroxylation is 4. The third-order valence-electron chi connectivity index (χ3n) is 5.91. The van der Waals surface area contributed by atoms with E-state index < -0.39 is 0 Å². The second kappa shape index (κ2) is 9.21. The first-order valence-corrected chi connectivity index (χ1v) is 11.9. The molecule has 1 aliphatic rings. The molecule has 0 radical (unpaired) electrons. The predicted octanol–water partition coefficient (Wildman–Crippen LogP) is 6.42. The van der Waals surface area contributed by atoms with Gasteiger partial charge >= 0.3 is 0 Å². The van der Waals surface area contributed by atoms with E-state index in [0.29, 0.717) is 10.1 Å². The number of nitrogens with one attached hydrogen (secondary N) is 1. The average molecular weight is 444 g/mol. The number of thioether (sulfide) groups is 1. The van der Waals surface area contributed by atoms with Gasteiger partial charge < -0.3 is 9.88 Å². The standard InChI is InChI=1S/C27H29N3OS/c1-6-20-11-13-23(14-12-20)28-27-29-26(31)24(32-27)16-22-15-18(4)30(19(22)5)25-17(3)9-8-10-21(25)7-2/h8-16H,6-7H2,1-5H3,(H,28,29,31)/b24-16-. The van der Waals surface area contributed by atoms with Crippen LogP contribution >= 0.6 is 11.8 Å². The van der Waals surface area contributed by atoms with Crippen LogP contribution < -0.4 is 5.32 Å². The van der Waals surface area contributed by atoms with Crippen LogP contribution in [0, 0.1) is 20.8 Å². The van der Waals surface area contributed by atoms with E-state index in [-0.39, 0.29) is 5.91 Å². The molecular formula is C27H29N3OS. The molecule has 0 bridgehead atoms. The second-order valence-corrected chi connectivity index (χ2v) is 9.13. The number of para-hydroxylation sites is 1. The topological polar surface area (TPSA) is 46.4 Å². The molecule has 1 aromatic heterocycles. The Morgan fingerprint density at radius 2 is 1.78 bits per heavy atom. The van der Waals surface area contributed by atoms with Crippen LogP contribution in [-0.4, -0.2) is 15.6 Å². The fraction of sp³-hybridized carbons (Fsp3) is 0.259. The summed E-state index contributed by atoms with van der Waals surface area (Å²) in [5.74, 6) is -0.103. The number of aliphatic imine (C=N–C) groups is 1. The number of hydrogen-bond acceptors (Lipinski definition) is 3. The number of amidine groups is 1. The Morgan fingerprint density at radius 3 is 2.47 bits per heavy atom. The van der Waals surface area contributed by atoms with Crippen molar-refractivity contribution in [2.45, 2.75) is 47.5 Å². The predicted molar refractivity (Wildman–Crippen MR) is 136 cm³/mol. The van der Waals surface area contributed by atoms with Crippen LogP contribution in [0.25, 0.3) is 11.8 Å². The van der Waals surface area contributed by atoms with Crippen LogP contribution in [0.4, 0.5) is 5.69 Å². The molecule has 1 amide bonds. The number of benzene rings is 2. The number of carbonyl (C=O) groups excluding carboxylic acids is 1. The summed E-state index contributed by atoms with van der Waals surface area (Å²) in [7, 11) is 0. The summed E-state index contributed by atoms with van der Waals surface area (Å²) in [6.45, 7) is 10.7. The summed E-state index contributed by atoms with van der Waals surface area (Å²) < 4.78 is 2.31. The lowest BCUT2D eigenvalue weighted by Gasteiger charge is -2.17. The van der Waals surface area contributed by atoms with Crippen molar-refractivity contribution in [2.75, 3.05) is 0 Å². The molecule has 1 aliphatic heterocycles. The molecule has 0 aliphatic carbocycles. The Kier molecular flexibility index (Phi) is 6.38. The van der Waals surface area contributed by atoms with E-state index in [0.717, 1.165) is 35.5 Å². The fourth-order valence-electron chi connectivity index (χ4n) is 4.15. The molecule has 4 rings (SSSR count). The number of amides is 1. The molecular weight excluding hydrogens is 414 g/mol. The summed E-state index contributed by atoms with van der Waals surface area (Å²) in [6.07, 6.45) is 3.95. The Morgan fingerprint density at radius 1 is 1.03 bits per heavy atom. The maximum atomic E-state index is 12.6. The molecule has 0 saturated carbocycles. The molecule has 0 unspecified atom stereocenters. The van der Waals surface area contributed by atoms with Gasteiger partial charge in [0.1, 0.15) is 0 Å². The smallest absolute Gasteiger partial charge is 0.264 e. The minimum absolute atomic E-state index is 0.103. The van der Waals surface area contributed by atoms with Crippen LogP contribution in [0.3, 0.4) is 0 Å². The first-order chi connectivity index (χ1) is 15.4. The minimum Gasteiger partial charge on any atom is -0.317 e. The van der Waals surface area contributed by atoms with Crippen molar-refractivity contribution in [1.82, 2.24) is 9.88 Å². The highest BCUT2D eigenvalue weighted by Crippen LogP contribution is 2.32. The van der Waals surface area contributed by atoms with Crippen molar-refractivity contribution < 1.29 is 4.79 Å². The second-order valence-electron chi connectivity index (χ2n) is 8.10. The van der Waals surface area contributed by atoms with Gasteiger partial charge in [-0.2, -0.15) is 0 Å². The number of nitrogens with zero attached hydrogens (tertiary/aromatic N) is 2. The van der Waals surface area contributed by atoms with Gasteiger partial charge in [-0.1, -0.05) is 44.2 Å². The summed E-state index contributed by atoms with van der Waals surface area (Å²) in [6, 6.07) is 16.7. The Bertz CT molecular complexity index is 1230. The monoisotopic (exact) mass is 443 g/mol. The first kappa shape index (κ1) is 22.2. The Balaban J connectivity index is 1.66. The van der Waals surface area contributed by atoms with Gasteiger partial charge in [0.05, 0.1) is 16.3 Å². The van der Waals surface area contributed by atoms with Crippen molar-refractivity contribution in [2.24, 2.45) is 4.99 Å². The third kappa shape index (κ3) is 4.30. The lowest BCUT2D eigenvalue weighted by molar-refractivity contribution is -0.115. The van der Waals surface area contributed by atoms with Crippen molar-refractivity contribution >= 4 is 34.6 Å². The lowest BCUT2D eigenvalue weighted by Crippen LogP contribution is -2.19. The molecule has 1 saturated heterocycles. The van der Waals surface area contributed by atoms with Crippen molar-refractivity contribution in [3.05, 3.63) is 87.1 Å². The van der Waals surface area contributed by atoms with Gasteiger partial charge in [-0.05, 0) is 91.9 Å². The Hall–Kier alpha value is -3.05. The number of carbonyl (C=O) groups is 1. The van der Waals surface area contributed by atoms with Gasteiger partial charge in [-0.25, -0.2) is 4.99 Å². The van der Waals surface area contributed by atoms with E-state index in [2.05, 4.69) is 85.9 Å². The van der Waals surface area contributed by atoms with E-state index in [1.54, 1.807) is 0 Å². The van der Waals surface area contributed by atoms with Gasteiger partial charge in [-0.15, -0.1) is 0 Å². The van der Waals surface area contributed by atoms with Crippen LogP contribution in [0.2, 0.25) is 0 Å². The molecule has 0 spiro atoms. The zero-order chi connectivity index (χ0) is 22.8. The average Bonchev–Trinajstić information content (AvgIpc) is 3.26. The molecule has 1 N–H and O–H groups in total. The van der Waals surface area contributed by atoms with Crippen molar-refractivity contribution in [3.8, 4) is 5.69 Å². The first-order valence-electron chi connectivity index (χ1n) is 11.1. The number of aromatic nitrogens is 1.